The quantitative estimate of drug-likeness (QED) is 0.796. The minimum absolute atomic E-state index is 0.281. The number of nitrogens with two attached hydrogens (primary N) is 2. The summed E-state index contributed by atoms with van der Waals surface area (Å²) < 4.78 is 0. The number of carbonyl (C=O) groups excluding carboxylic acids is 1. The molecule has 1 aromatic carbocycles. The molecule has 0 fully saturated rings. The van der Waals surface area contributed by atoms with Crippen LogP contribution in [0.1, 0.15) is 35.7 Å². The number of anilines is 3. The number of hydrogen-bond donors (Lipinski definition) is 3. The highest BCUT2D eigenvalue weighted by atomic mass is 16.1. The smallest absolute Gasteiger partial charge is 0.252 e. The minimum atomic E-state index is -0.561. The third-order valence-corrected chi connectivity index (χ3v) is 3.01. The third-order valence-electron chi connectivity index (χ3n) is 3.01. The summed E-state index contributed by atoms with van der Waals surface area (Å²) in [5, 5.41) is 3.16. The molecule has 2 rings (SSSR count). The Morgan fingerprint density at radius 1 is 1.30 bits per heavy atom. The Kier molecular flexibility index (Phi) is 3.89. The lowest BCUT2D eigenvalue weighted by molar-refractivity contribution is 0.100. The van der Waals surface area contributed by atoms with Crippen LogP contribution in [0.25, 0.3) is 0 Å². The summed E-state index contributed by atoms with van der Waals surface area (Å²) in [6.07, 6.45) is 1.49. The van der Waals surface area contributed by atoms with Crippen LogP contribution >= 0.6 is 0 Å². The largest absolute Gasteiger partial charge is 0.397 e. The van der Waals surface area contributed by atoms with Crippen LogP contribution in [0.15, 0.2) is 36.5 Å². The van der Waals surface area contributed by atoms with Crippen LogP contribution in [0.4, 0.5) is 17.2 Å². The van der Waals surface area contributed by atoms with Gasteiger partial charge in [0, 0.05) is 5.69 Å². The lowest BCUT2D eigenvalue weighted by Crippen LogP contribution is -2.15. The number of rotatable bonds is 4. The van der Waals surface area contributed by atoms with E-state index in [2.05, 4.69) is 24.1 Å². The number of hydrogen-bond acceptors (Lipinski definition) is 4. The number of nitrogen functional groups attached to an aromatic ring is 1. The molecule has 104 valence electrons. The van der Waals surface area contributed by atoms with Crippen LogP contribution in [-0.2, 0) is 0 Å². The number of primary amides is 1. The molecule has 0 aliphatic heterocycles. The second-order valence-corrected chi connectivity index (χ2v) is 4.90. The topological polar surface area (TPSA) is 94.0 Å². The zero-order valence-corrected chi connectivity index (χ0v) is 11.6. The molecular weight excluding hydrogens is 252 g/mol. The van der Waals surface area contributed by atoms with Gasteiger partial charge in [0.15, 0.2) is 0 Å². The highest BCUT2D eigenvalue weighted by molar-refractivity contribution is 5.99. The van der Waals surface area contributed by atoms with Crippen molar-refractivity contribution in [2.45, 2.75) is 19.8 Å². The number of nitrogens with zero attached hydrogens (tertiary/aromatic N) is 1. The number of aromatic nitrogens is 1. The normalized spacial score (nSPS) is 10.6. The number of carbonyl (C=O) groups is 1. The number of pyridine rings is 1. The van der Waals surface area contributed by atoms with Crippen LogP contribution < -0.4 is 16.8 Å². The molecule has 0 bridgehead atoms. The van der Waals surface area contributed by atoms with E-state index in [1.807, 2.05) is 24.3 Å². The molecule has 0 spiro atoms. The van der Waals surface area contributed by atoms with Crippen molar-refractivity contribution in [3.05, 3.63) is 47.7 Å². The Hall–Kier alpha value is -2.56. The molecule has 0 saturated carbocycles. The van der Waals surface area contributed by atoms with Gasteiger partial charge in [-0.3, -0.25) is 4.79 Å². The lowest BCUT2D eigenvalue weighted by atomic mass is 10.0. The van der Waals surface area contributed by atoms with E-state index in [0.717, 1.165) is 11.3 Å². The Bertz CT molecular complexity index is 638. The average molecular weight is 270 g/mol. The average Bonchev–Trinajstić information content (AvgIpc) is 2.41. The van der Waals surface area contributed by atoms with Crippen LogP contribution in [-0.4, -0.2) is 10.9 Å². The molecule has 0 atom stereocenters. The number of para-hydroxylation sites is 1. The number of nitrogens with one attached hydrogen (secondary N) is 1. The zero-order valence-electron chi connectivity index (χ0n) is 11.6. The van der Waals surface area contributed by atoms with Crippen molar-refractivity contribution in [3.63, 3.8) is 0 Å². The molecule has 0 saturated heterocycles. The Balaban J connectivity index is 2.43. The van der Waals surface area contributed by atoms with Crippen molar-refractivity contribution >= 4 is 23.1 Å². The molecule has 0 unspecified atom stereocenters. The van der Waals surface area contributed by atoms with E-state index in [1.54, 1.807) is 0 Å². The van der Waals surface area contributed by atoms with Gasteiger partial charge in [0.1, 0.15) is 5.82 Å². The van der Waals surface area contributed by atoms with Gasteiger partial charge in [0.25, 0.3) is 5.91 Å². The van der Waals surface area contributed by atoms with Gasteiger partial charge < -0.3 is 16.8 Å². The van der Waals surface area contributed by atoms with Gasteiger partial charge in [-0.15, -0.1) is 0 Å². The van der Waals surface area contributed by atoms with Crippen molar-refractivity contribution < 1.29 is 4.79 Å². The van der Waals surface area contributed by atoms with Gasteiger partial charge in [0.05, 0.1) is 17.4 Å². The van der Waals surface area contributed by atoms with E-state index in [9.17, 15) is 4.79 Å². The fourth-order valence-corrected chi connectivity index (χ4v) is 2.01. The molecule has 5 heteroatoms. The third kappa shape index (κ3) is 2.88. The summed E-state index contributed by atoms with van der Waals surface area (Å²) in [6, 6.07) is 9.41. The van der Waals surface area contributed by atoms with E-state index in [-0.39, 0.29) is 5.56 Å². The van der Waals surface area contributed by atoms with Crippen LogP contribution in [0.5, 0.6) is 0 Å². The second kappa shape index (κ2) is 5.61. The maximum atomic E-state index is 11.5. The maximum Gasteiger partial charge on any atom is 0.252 e. The van der Waals surface area contributed by atoms with E-state index >= 15 is 0 Å². The van der Waals surface area contributed by atoms with E-state index < -0.39 is 5.91 Å². The van der Waals surface area contributed by atoms with Crippen molar-refractivity contribution in [2.24, 2.45) is 5.73 Å². The fraction of sp³-hybridized carbons (Fsp3) is 0.200. The summed E-state index contributed by atoms with van der Waals surface area (Å²) >= 11 is 0. The molecule has 1 aromatic heterocycles. The van der Waals surface area contributed by atoms with Gasteiger partial charge in [-0.25, -0.2) is 4.98 Å². The number of benzene rings is 1. The fourth-order valence-electron chi connectivity index (χ4n) is 2.01. The van der Waals surface area contributed by atoms with Gasteiger partial charge in [0.2, 0.25) is 0 Å². The minimum Gasteiger partial charge on any atom is -0.397 e. The van der Waals surface area contributed by atoms with Crippen molar-refractivity contribution in [1.29, 1.82) is 0 Å². The first-order chi connectivity index (χ1) is 9.49. The summed E-state index contributed by atoms with van der Waals surface area (Å²) in [5.41, 5.74) is 13.7. The number of amides is 1. The van der Waals surface area contributed by atoms with E-state index in [0.29, 0.717) is 17.4 Å². The molecular formula is C15H18N4O. The van der Waals surface area contributed by atoms with E-state index in [1.165, 1.54) is 12.3 Å². The first-order valence-electron chi connectivity index (χ1n) is 6.40. The summed E-state index contributed by atoms with van der Waals surface area (Å²) in [6.45, 7) is 4.21. The highest BCUT2D eigenvalue weighted by Gasteiger charge is 2.13. The van der Waals surface area contributed by atoms with Crippen molar-refractivity contribution in [2.75, 3.05) is 11.1 Å². The van der Waals surface area contributed by atoms with Gasteiger partial charge >= 0.3 is 0 Å². The molecule has 2 aromatic rings. The van der Waals surface area contributed by atoms with E-state index in [4.69, 9.17) is 11.5 Å². The SMILES string of the molecule is CC(C)c1ccccc1Nc1ncc(N)cc1C(N)=O. The van der Waals surface area contributed by atoms with Crippen LogP contribution in [0.2, 0.25) is 0 Å². The van der Waals surface area contributed by atoms with Gasteiger partial charge in [-0.05, 0) is 23.6 Å². The Labute approximate surface area is 118 Å². The molecule has 1 heterocycles. The first kappa shape index (κ1) is 13.9. The predicted molar refractivity (Wildman–Crippen MR) is 81.0 cm³/mol. The Morgan fingerprint density at radius 2 is 2.00 bits per heavy atom. The molecule has 5 nitrogen and oxygen atoms in total. The standard InChI is InChI=1S/C15H18N4O/c1-9(2)11-5-3-4-6-13(11)19-15-12(14(17)20)7-10(16)8-18-15/h3-9H,16H2,1-2H3,(H2,17,20)(H,18,19). The van der Waals surface area contributed by atoms with Gasteiger partial charge in [-0.1, -0.05) is 32.0 Å². The molecule has 5 N–H and O–H groups in total. The Morgan fingerprint density at radius 3 is 2.65 bits per heavy atom. The van der Waals surface area contributed by atoms with Crippen LogP contribution in [0, 0.1) is 0 Å². The monoisotopic (exact) mass is 270 g/mol. The molecule has 1 amide bonds. The molecule has 20 heavy (non-hydrogen) atoms. The molecule has 0 aliphatic carbocycles. The second-order valence-electron chi connectivity index (χ2n) is 4.90. The van der Waals surface area contributed by atoms with Crippen molar-refractivity contribution in [1.82, 2.24) is 4.98 Å². The van der Waals surface area contributed by atoms with Crippen molar-refractivity contribution in [3.8, 4) is 0 Å². The lowest BCUT2D eigenvalue weighted by Gasteiger charge is -2.15. The summed E-state index contributed by atoms with van der Waals surface area (Å²) in [4.78, 5) is 15.6. The van der Waals surface area contributed by atoms with Crippen LogP contribution in [0.3, 0.4) is 0 Å². The molecule has 0 radical (unpaired) electrons. The summed E-state index contributed by atoms with van der Waals surface area (Å²) in [5.74, 6) is 0.207. The predicted octanol–water partition coefficient (Wildman–Crippen LogP) is 2.63. The maximum absolute atomic E-state index is 11.5. The zero-order chi connectivity index (χ0) is 14.7. The highest BCUT2D eigenvalue weighted by Crippen LogP contribution is 2.27. The van der Waals surface area contributed by atoms with Gasteiger partial charge in [-0.2, -0.15) is 0 Å². The summed E-state index contributed by atoms with van der Waals surface area (Å²) in [7, 11) is 0. The first-order valence-corrected chi connectivity index (χ1v) is 6.40. The molecule has 0 aliphatic rings.